The van der Waals surface area contributed by atoms with Gasteiger partial charge in [0, 0.05) is 18.2 Å². The van der Waals surface area contributed by atoms with Crippen molar-refractivity contribution in [3.05, 3.63) is 51.1 Å². The van der Waals surface area contributed by atoms with Crippen molar-refractivity contribution in [1.82, 2.24) is 4.98 Å². The average molecular weight is 279 g/mol. The van der Waals surface area contributed by atoms with Gasteiger partial charge in [-0.2, -0.15) is 0 Å². The number of anilines is 1. The number of nitrogens with one attached hydrogen (secondary N) is 1. The van der Waals surface area contributed by atoms with Crippen LogP contribution in [0.2, 0.25) is 0 Å². The fourth-order valence-electron chi connectivity index (χ4n) is 1.54. The second-order valence-electron chi connectivity index (χ2n) is 3.57. The Morgan fingerprint density at radius 1 is 1.47 bits per heavy atom. The molecule has 0 saturated heterocycles. The first-order chi connectivity index (χ1) is 9.09. The topological polar surface area (TPSA) is 105 Å². The Balaban J connectivity index is 2.17. The molecule has 0 bridgehead atoms. The second kappa shape index (κ2) is 5.44. The SMILES string of the molecule is O=C(O)c1ncsc1NCc1ccccc1[N+](=O)[O-]. The summed E-state index contributed by atoms with van der Waals surface area (Å²) in [7, 11) is 0. The average Bonchev–Trinajstić information content (AvgIpc) is 2.85. The van der Waals surface area contributed by atoms with Crippen LogP contribution in [0.5, 0.6) is 0 Å². The van der Waals surface area contributed by atoms with Crippen molar-refractivity contribution in [3.63, 3.8) is 0 Å². The minimum Gasteiger partial charge on any atom is -0.476 e. The molecule has 2 rings (SSSR count). The smallest absolute Gasteiger partial charge is 0.357 e. The van der Waals surface area contributed by atoms with Gasteiger partial charge in [-0.15, -0.1) is 11.3 Å². The second-order valence-corrected chi connectivity index (χ2v) is 4.43. The van der Waals surface area contributed by atoms with E-state index in [0.717, 1.165) is 11.3 Å². The van der Waals surface area contributed by atoms with Gasteiger partial charge in [0.25, 0.3) is 5.69 Å². The molecule has 0 fully saturated rings. The normalized spacial score (nSPS) is 10.1. The number of carboxylic acid groups (broad SMARTS) is 1. The molecule has 0 aliphatic heterocycles. The van der Waals surface area contributed by atoms with E-state index in [-0.39, 0.29) is 17.9 Å². The van der Waals surface area contributed by atoms with Crippen LogP contribution in [0.1, 0.15) is 16.1 Å². The molecule has 2 aromatic rings. The van der Waals surface area contributed by atoms with Gasteiger partial charge in [-0.3, -0.25) is 10.1 Å². The van der Waals surface area contributed by atoms with Gasteiger partial charge < -0.3 is 10.4 Å². The number of nitrogens with zero attached hydrogens (tertiary/aromatic N) is 2. The maximum atomic E-state index is 10.9. The lowest BCUT2D eigenvalue weighted by atomic mass is 10.2. The monoisotopic (exact) mass is 279 g/mol. The predicted molar refractivity (Wildman–Crippen MR) is 69.5 cm³/mol. The summed E-state index contributed by atoms with van der Waals surface area (Å²) in [6, 6.07) is 6.29. The number of benzene rings is 1. The molecule has 0 radical (unpaired) electrons. The summed E-state index contributed by atoms with van der Waals surface area (Å²) in [4.78, 5) is 24.9. The van der Waals surface area contributed by atoms with Gasteiger partial charge in [-0.25, -0.2) is 9.78 Å². The molecule has 0 aliphatic rings. The fourth-order valence-corrected chi connectivity index (χ4v) is 2.21. The molecular weight excluding hydrogens is 270 g/mol. The molecule has 0 unspecified atom stereocenters. The lowest BCUT2D eigenvalue weighted by molar-refractivity contribution is -0.385. The number of nitro benzene ring substituents is 1. The molecule has 1 heterocycles. The molecule has 2 N–H and O–H groups in total. The number of carbonyl (C=O) groups is 1. The van der Waals surface area contributed by atoms with Gasteiger partial charge in [0.2, 0.25) is 0 Å². The Morgan fingerprint density at radius 2 is 2.21 bits per heavy atom. The molecule has 7 nitrogen and oxygen atoms in total. The lowest BCUT2D eigenvalue weighted by Gasteiger charge is -2.05. The number of aromatic carboxylic acids is 1. The maximum Gasteiger partial charge on any atom is 0.357 e. The number of hydrogen-bond donors (Lipinski definition) is 2. The highest BCUT2D eigenvalue weighted by Crippen LogP contribution is 2.23. The van der Waals surface area contributed by atoms with Crippen LogP contribution >= 0.6 is 11.3 Å². The van der Waals surface area contributed by atoms with E-state index >= 15 is 0 Å². The van der Waals surface area contributed by atoms with E-state index in [9.17, 15) is 14.9 Å². The summed E-state index contributed by atoms with van der Waals surface area (Å²) >= 11 is 1.14. The summed E-state index contributed by atoms with van der Waals surface area (Å²) < 4.78 is 0. The third-order valence-electron chi connectivity index (χ3n) is 2.40. The number of aromatic nitrogens is 1. The number of rotatable bonds is 5. The fraction of sp³-hybridized carbons (Fsp3) is 0.0909. The van der Waals surface area contributed by atoms with Gasteiger partial charge in [-0.05, 0) is 0 Å². The van der Waals surface area contributed by atoms with Crippen LogP contribution in [0.15, 0.2) is 29.8 Å². The number of nitro groups is 1. The van der Waals surface area contributed by atoms with Crippen molar-refractivity contribution in [1.29, 1.82) is 0 Å². The van der Waals surface area contributed by atoms with Crippen LogP contribution in [-0.4, -0.2) is 21.0 Å². The molecule has 0 amide bonds. The van der Waals surface area contributed by atoms with Gasteiger partial charge in [0.05, 0.1) is 10.4 Å². The molecule has 19 heavy (non-hydrogen) atoms. The van der Waals surface area contributed by atoms with Crippen molar-refractivity contribution >= 4 is 28.0 Å². The molecule has 0 saturated carbocycles. The van der Waals surface area contributed by atoms with Crippen LogP contribution in [0.4, 0.5) is 10.7 Å². The summed E-state index contributed by atoms with van der Waals surface area (Å²) in [5.41, 5.74) is 1.81. The van der Waals surface area contributed by atoms with Crippen molar-refractivity contribution in [2.75, 3.05) is 5.32 Å². The van der Waals surface area contributed by atoms with Gasteiger partial charge >= 0.3 is 5.97 Å². The van der Waals surface area contributed by atoms with Crippen molar-refractivity contribution < 1.29 is 14.8 Å². The van der Waals surface area contributed by atoms with Gasteiger partial charge in [0.15, 0.2) is 5.69 Å². The summed E-state index contributed by atoms with van der Waals surface area (Å²) in [5.74, 6) is -1.13. The first-order valence-corrected chi connectivity index (χ1v) is 6.10. The Hall–Kier alpha value is -2.48. The van der Waals surface area contributed by atoms with Crippen molar-refractivity contribution in [3.8, 4) is 0 Å². The highest BCUT2D eigenvalue weighted by molar-refractivity contribution is 7.14. The van der Waals surface area contributed by atoms with Gasteiger partial charge in [0.1, 0.15) is 5.00 Å². The van der Waals surface area contributed by atoms with E-state index in [1.807, 2.05) is 0 Å². The lowest BCUT2D eigenvalue weighted by Crippen LogP contribution is -2.06. The predicted octanol–water partition coefficient (Wildman–Crippen LogP) is 2.36. The van der Waals surface area contributed by atoms with E-state index in [2.05, 4.69) is 10.3 Å². The van der Waals surface area contributed by atoms with Crippen LogP contribution < -0.4 is 5.32 Å². The minimum atomic E-state index is -1.13. The number of carboxylic acids is 1. The van der Waals surface area contributed by atoms with E-state index in [1.54, 1.807) is 18.2 Å². The molecule has 0 aliphatic carbocycles. The van der Waals surface area contributed by atoms with E-state index in [1.165, 1.54) is 11.6 Å². The molecule has 98 valence electrons. The zero-order chi connectivity index (χ0) is 13.8. The Morgan fingerprint density at radius 3 is 2.89 bits per heavy atom. The van der Waals surface area contributed by atoms with Gasteiger partial charge in [-0.1, -0.05) is 18.2 Å². The number of para-hydroxylation sites is 1. The molecule has 8 heteroatoms. The minimum absolute atomic E-state index is 0.00334. The van der Waals surface area contributed by atoms with Crippen LogP contribution in [0, 0.1) is 10.1 Å². The molecule has 0 atom stereocenters. The summed E-state index contributed by atoms with van der Waals surface area (Å²) in [6.07, 6.45) is 0. The van der Waals surface area contributed by atoms with E-state index < -0.39 is 10.9 Å². The maximum absolute atomic E-state index is 10.9. The van der Waals surface area contributed by atoms with Crippen LogP contribution in [-0.2, 0) is 6.54 Å². The van der Waals surface area contributed by atoms with E-state index in [0.29, 0.717) is 10.6 Å². The first kappa shape index (κ1) is 13.0. The zero-order valence-corrected chi connectivity index (χ0v) is 10.4. The summed E-state index contributed by atoms with van der Waals surface area (Å²) in [5, 5.41) is 23.0. The highest BCUT2D eigenvalue weighted by atomic mass is 32.1. The van der Waals surface area contributed by atoms with E-state index in [4.69, 9.17) is 5.11 Å². The molecule has 1 aromatic carbocycles. The summed E-state index contributed by atoms with van der Waals surface area (Å²) in [6.45, 7) is 0.166. The van der Waals surface area contributed by atoms with Crippen LogP contribution in [0.25, 0.3) is 0 Å². The Kier molecular flexibility index (Phi) is 3.71. The Labute approximate surface area is 111 Å². The quantitative estimate of drug-likeness (QED) is 0.643. The highest BCUT2D eigenvalue weighted by Gasteiger charge is 2.16. The third-order valence-corrected chi connectivity index (χ3v) is 3.18. The first-order valence-electron chi connectivity index (χ1n) is 5.22. The Bertz CT molecular complexity index is 626. The largest absolute Gasteiger partial charge is 0.476 e. The standard InChI is InChI=1S/C11H9N3O4S/c15-11(16)9-10(19-6-13-9)12-5-7-3-1-2-4-8(7)14(17)18/h1-4,6,12H,5H2,(H,15,16). The molecule has 1 aromatic heterocycles. The third kappa shape index (κ3) is 2.86. The van der Waals surface area contributed by atoms with Crippen molar-refractivity contribution in [2.45, 2.75) is 6.54 Å². The molecule has 0 spiro atoms. The number of hydrogen-bond acceptors (Lipinski definition) is 6. The van der Waals surface area contributed by atoms with Crippen molar-refractivity contribution in [2.24, 2.45) is 0 Å². The molecular formula is C11H9N3O4S. The number of thiazole rings is 1. The van der Waals surface area contributed by atoms with Crippen LogP contribution in [0.3, 0.4) is 0 Å². The zero-order valence-electron chi connectivity index (χ0n) is 9.57.